The number of hydrogen-bond donors (Lipinski definition) is 5. The zero-order chi connectivity index (χ0) is 74.6. The normalized spacial score (nSPS) is 41.8. The number of allylic oxidation sites excluding steroid dienone is 3. The summed E-state index contributed by atoms with van der Waals surface area (Å²) in [5.74, 6) is 2.78. The number of ether oxygens (including phenoxy) is 4. The molecular formula is C95H112N6O9. The highest BCUT2D eigenvalue weighted by Crippen LogP contribution is 2.73. The summed E-state index contributed by atoms with van der Waals surface area (Å²) in [6.45, 7) is 10.5. The maximum absolute atomic E-state index is 11.3. The summed E-state index contributed by atoms with van der Waals surface area (Å²) in [5, 5.41) is 47.5. The van der Waals surface area contributed by atoms with Crippen LogP contribution >= 0.6 is 0 Å². The lowest BCUT2D eigenvalue weighted by Gasteiger charge is -2.57. The fourth-order valence-corrected chi connectivity index (χ4v) is 28.1. The molecule has 6 saturated carbocycles. The molecule has 3 aromatic heterocycles. The van der Waals surface area contributed by atoms with Crippen LogP contribution in [0.25, 0.3) is 32.3 Å². The number of nitrogens with zero attached hydrogens (tertiary/aromatic N) is 5. The minimum Gasteiger partial charge on any atom is -0.396 e. The van der Waals surface area contributed by atoms with Crippen LogP contribution in [-0.2, 0) is 23.7 Å². The second kappa shape index (κ2) is 25.7. The number of carbonyl (C=O) groups is 1. The third-order valence-corrected chi connectivity index (χ3v) is 33.7. The lowest BCUT2D eigenvalue weighted by atomic mass is 9.58. The summed E-state index contributed by atoms with van der Waals surface area (Å²) in [5.41, 5.74) is 17.8. The quantitative estimate of drug-likeness (QED) is 0.0865. The second-order valence-electron chi connectivity index (χ2n) is 38.8. The first-order chi connectivity index (χ1) is 53.2. The number of likely N-dealkylation sites (tertiary alicyclic amines) is 2. The van der Waals surface area contributed by atoms with Gasteiger partial charge in [0.15, 0.2) is 0 Å². The number of rotatable bonds is 10. The van der Waals surface area contributed by atoms with Crippen LogP contribution in [0.3, 0.4) is 0 Å². The molecule has 20 atom stereocenters. The third kappa shape index (κ3) is 10.6. The van der Waals surface area contributed by atoms with E-state index >= 15 is 0 Å². The molecule has 11 fully saturated rings. The van der Waals surface area contributed by atoms with E-state index in [2.05, 4.69) is 155 Å². The van der Waals surface area contributed by atoms with E-state index in [-0.39, 0.29) is 81.2 Å². The lowest BCUT2D eigenvalue weighted by molar-refractivity contribution is -0.155. The Morgan fingerprint density at radius 1 is 0.482 bits per heavy atom. The van der Waals surface area contributed by atoms with Gasteiger partial charge >= 0.3 is 0 Å². The number of pyridine rings is 3. The van der Waals surface area contributed by atoms with Crippen LogP contribution in [0, 0.1) is 39.4 Å². The van der Waals surface area contributed by atoms with Crippen LogP contribution in [0.4, 0.5) is 0 Å². The Kier molecular flexibility index (Phi) is 16.6. The number of benzene rings is 3. The smallest absolute Gasteiger partial charge is 0.243 e. The zero-order valence-electron chi connectivity index (χ0n) is 64.8. The molecule has 576 valence electrons. The summed E-state index contributed by atoms with van der Waals surface area (Å²) in [7, 11) is 0. The van der Waals surface area contributed by atoms with E-state index < -0.39 is 18.1 Å². The van der Waals surface area contributed by atoms with Crippen molar-refractivity contribution in [3.8, 4) is 0 Å². The summed E-state index contributed by atoms with van der Waals surface area (Å²) >= 11 is 0. The van der Waals surface area contributed by atoms with Gasteiger partial charge in [-0.05, 0) is 302 Å². The van der Waals surface area contributed by atoms with Crippen molar-refractivity contribution >= 4 is 38.2 Å². The Balaban J connectivity index is 0.000000105. The van der Waals surface area contributed by atoms with E-state index in [9.17, 15) is 25.2 Å². The van der Waals surface area contributed by atoms with E-state index in [1.165, 1.54) is 121 Å². The minimum absolute atomic E-state index is 0.000254. The fraction of sp³-hybridized carbons (Fsp3) is 0.579. The molecule has 23 rings (SSSR count). The molecular weight excluding hydrogens is 1370 g/mol. The Hall–Kier alpha value is -6.60. The van der Waals surface area contributed by atoms with Crippen molar-refractivity contribution in [3.05, 3.63) is 197 Å². The van der Waals surface area contributed by atoms with Crippen molar-refractivity contribution in [1.29, 1.82) is 0 Å². The number of nitrogens with two attached hydrogens (primary N) is 1. The van der Waals surface area contributed by atoms with E-state index in [4.69, 9.17) is 24.7 Å². The molecule has 1 amide bonds. The first kappa shape index (κ1) is 71.2. The number of aromatic nitrogens is 3. The van der Waals surface area contributed by atoms with Gasteiger partial charge in [-0.3, -0.25) is 29.5 Å². The standard InChI is InChI=1S/C33H40N2O3.C32H38N2O3.C30H34N2O3/c1-30-10-8-26-15-25-4-5-27(35-18-31(19-35,20-36)21-37)16-32(25)11-12-33(26,38-32)29(30)7-6-28(30)23-3-2-22-9-13-34-17-24(22)14-23;1-30-10-8-24-15-23-4-5-25(34-18-27(35)28(36)19-34)16-31(23)11-12-32(24,37-31)29(30)7-6-26(30)21-3-2-20-9-13-33-17-22(20)14-21;1-28-10-8-23-15-22-4-5-24(34-18-27(31)33)16-29(22)11-12-30(23,35-29)26(28)7-6-25(28)20-3-2-19-9-13-32-17-21(19)14-20/h2-3,8-9,13-15,17,27-29,36-37H,4-7,10-12,16,18-21H2,1H3;2-3,8-9,13-15,17,25-29,35-36H,4-7,10-12,16,18-19H2,1H3;2-3,8-9,13-15,17,24-26H,4-7,10-12,16,18H2,1H3,(H2,31,33)/t27-,28-,29-,30-,32-,33?;25-,26-,27-,28+,29-,30-,31-,32?;24-,25-,26-,28-,29-,30?/m111/s1. The lowest BCUT2D eigenvalue weighted by Crippen LogP contribution is -2.65. The van der Waals surface area contributed by atoms with Crippen LogP contribution in [0.15, 0.2) is 180 Å². The molecule has 3 unspecified atom stereocenters. The SMILES string of the molecule is C[C@]12CC=C3C=C4CC[C@@H](N5CC(CO)(CO)C5)C[C@]45CCC3(O5)[C@@H]1CC[C@@H]2c1ccc2ccncc2c1.C[C@]12CC=C3C=C4CC[C@@H](N5C[C@@H](O)[C@@H](O)C5)C[C@]45CCC3(O5)[C@@H]1CC[C@@H]2c1ccc2ccncc2c1.C[C@]12CC=C3C=C4CC[C@@H](OCC(N)=O)C[C@]45CCC3(O5)[C@@H]1CC[C@@H]2c1ccc2ccncc2c1. The topological polar surface area (TPSA) is 206 Å². The van der Waals surface area contributed by atoms with Gasteiger partial charge in [0.2, 0.25) is 5.91 Å². The Morgan fingerprint density at radius 2 is 0.864 bits per heavy atom. The highest BCUT2D eigenvalue weighted by atomic mass is 16.5. The molecule has 17 aliphatic rings. The molecule has 9 aliphatic carbocycles. The van der Waals surface area contributed by atoms with E-state index in [1.54, 1.807) is 0 Å². The number of hydrogen-bond acceptors (Lipinski definition) is 14. The number of aliphatic hydroxyl groups excluding tert-OH is 4. The van der Waals surface area contributed by atoms with Crippen LogP contribution in [0.5, 0.6) is 0 Å². The van der Waals surface area contributed by atoms with E-state index in [1.807, 2.05) is 37.2 Å². The molecule has 110 heavy (non-hydrogen) atoms. The van der Waals surface area contributed by atoms with Gasteiger partial charge in [0.1, 0.15) is 6.61 Å². The van der Waals surface area contributed by atoms with Gasteiger partial charge in [0, 0.05) is 103 Å². The van der Waals surface area contributed by atoms with Crippen molar-refractivity contribution in [2.24, 2.45) is 45.1 Å². The molecule has 5 saturated heterocycles. The Labute approximate surface area is 647 Å². The van der Waals surface area contributed by atoms with Crippen molar-refractivity contribution in [2.45, 2.75) is 257 Å². The average Bonchev–Trinajstić information content (AvgIpc) is 1.53. The summed E-state index contributed by atoms with van der Waals surface area (Å²) in [6, 6.07) is 28.2. The molecule has 6 N–H and O–H groups in total. The van der Waals surface area contributed by atoms with Crippen LogP contribution in [0.1, 0.15) is 209 Å². The zero-order valence-corrected chi connectivity index (χ0v) is 64.8. The number of β-amino-alcohol motifs (C(OH)–C–C–N with tert-alkyl or cyclic N) is 2. The van der Waals surface area contributed by atoms with Gasteiger partial charge in [-0.1, -0.05) is 93.6 Å². The average molecular weight is 1480 g/mol. The third-order valence-electron chi connectivity index (χ3n) is 33.7. The van der Waals surface area contributed by atoms with Gasteiger partial charge in [0.05, 0.1) is 65.1 Å². The monoisotopic (exact) mass is 1480 g/mol. The molecule has 15 nitrogen and oxygen atoms in total. The summed E-state index contributed by atoms with van der Waals surface area (Å²) in [4.78, 5) is 29.2. The first-order valence-corrected chi connectivity index (χ1v) is 42.6. The van der Waals surface area contributed by atoms with Crippen LogP contribution in [0.2, 0.25) is 0 Å². The van der Waals surface area contributed by atoms with Crippen LogP contribution < -0.4 is 5.73 Å². The van der Waals surface area contributed by atoms with Gasteiger partial charge in [0.25, 0.3) is 0 Å². The number of carbonyl (C=O) groups excluding carboxylic acids is 1. The predicted octanol–water partition coefficient (Wildman–Crippen LogP) is 15.4. The molecule has 3 aromatic carbocycles. The minimum atomic E-state index is -0.619. The highest BCUT2D eigenvalue weighted by molar-refractivity contribution is 5.84. The molecule has 6 bridgehead atoms. The fourth-order valence-electron chi connectivity index (χ4n) is 28.1. The number of fused-ring (bicyclic) bond motifs is 6. The first-order valence-electron chi connectivity index (χ1n) is 42.6. The molecule has 0 radical (unpaired) electrons. The van der Waals surface area contributed by atoms with Gasteiger partial charge in [-0.2, -0.15) is 0 Å². The maximum atomic E-state index is 11.3. The van der Waals surface area contributed by atoms with Gasteiger partial charge in [-0.15, -0.1) is 0 Å². The number of amides is 1. The molecule has 11 heterocycles. The van der Waals surface area contributed by atoms with Crippen molar-refractivity contribution in [2.75, 3.05) is 46.0 Å². The van der Waals surface area contributed by atoms with Gasteiger partial charge < -0.3 is 45.1 Å². The van der Waals surface area contributed by atoms with Crippen LogP contribution in [-0.4, -0.2) is 161 Å². The largest absolute Gasteiger partial charge is 0.396 e. The number of aliphatic hydroxyl groups is 4. The van der Waals surface area contributed by atoms with Crippen molar-refractivity contribution in [3.63, 3.8) is 0 Å². The molecule has 6 spiro atoms. The van der Waals surface area contributed by atoms with Crippen molar-refractivity contribution in [1.82, 2.24) is 24.8 Å². The summed E-state index contributed by atoms with van der Waals surface area (Å²) in [6.07, 6.45) is 52.1. The van der Waals surface area contributed by atoms with Crippen molar-refractivity contribution < 1.29 is 44.2 Å². The highest BCUT2D eigenvalue weighted by Gasteiger charge is 2.71. The van der Waals surface area contributed by atoms with E-state index in [0.717, 1.165) is 129 Å². The maximum Gasteiger partial charge on any atom is 0.243 e. The predicted molar refractivity (Wildman–Crippen MR) is 425 cm³/mol. The summed E-state index contributed by atoms with van der Waals surface area (Å²) < 4.78 is 28.2. The molecule has 8 aliphatic heterocycles. The Bertz CT molecular complexity index is 4930. The Morgan fingerprint density at radius 3 is 1.25 bits per heavy atom. The molecule has 6 aromatic rings. The number of primary amides is 1. The molecule has 15 heteroatoms. The second-order valence-corrected chi connectivity index (χ2v) is 38.8. The van der Waals surface area contributed by atoms with Gasteiger partial charge in [-0.25, -0.2) is 0 Å². The van der Waals surface area contributed by atoms with E-state index in [0.29, 0.717) is 60.7 Å².